The van der Waals surface area contributed by atoms with Gasteiger partial charge in [0, 0.05) is 33.0 Å². The van der Waals surface area contributed by atoms with E-state index in [1.807, 2.05) is 0 Å². The minimum absolute atomic E-state index is 0.0189. The second-order valence-corrected chi connectivity index (χ2v) is 6.06. The number of fused-ring (bicyclic) bond motifs is 1. The van der Waals surface area contributed by atoms with Gasteiger partial charge in [0.05, 0.1) is 19.1 Å². The summed E-state index contributed by atoms with van der Waals surface area (Å²) in [6.45, 7) is 1.26. The van der Waals surface area contributed by atoms with Crippen LogP contribution >= 0.6 is 0 Å². The number of hydrogen-bond donors (Lipinski definition) is 0. The molecule has 2 aliphatic heterocycles. The molecule has 2 heterocycles. The summed E-state index contributed by atoms with van der Waals surface area (Å²) in [5.41, 5.74) is 0.0792. The van der Waals surface area contributed by atoms with E-state index in [2.05, 4.69) is 0 Å². The largest absolute Gasteiger partial charge is 0.497 e. The molecular formula is C17H21NO5. The predicted octanol–water partition coefficient (Wildman–Crippen LogP) is 1.67. The zero-order valence-corrected chi connectivity index (χ0v) is 13.5. The number of benzene rings is 1. The lowest BCUT2D eigenvalue weighted by Gasteiger charge is -2.43. The first kappa shape index (κ1) is 15.8. The Morgan fingerprint density at radius 2 is 2.04 bits per heavy atom. The minimum Gasteiger partial charge on any atom is -0.497 e. The van der Waals surface area contributed by atoms with E-state index >= 15 is 0 Å². The van der Waals surface area contributed by atoms with Crippen LogP contribution in [-0.2, 0) is 9.53 Å². The molecule has 1 spiro atoms. The number of carbonyl (C=O) groups is 2. The van der Waals surface area contributed by atoms with Crippen LogP contribution in [-0.4, -0.2) is 56.1 Å². The summed E-state index contributed by atoms with van der Waals surface area (Å²) in [5, 5.41) is 0. The predicted molar refractivity (Wildman–Crippen MR) is 83.0 cm³/mol. The van der Waals surface area contributed by atoms with Crippen molar-refractivity contribution in [2.24, 2.45) is 0 Å². The average molecular weight is 319 g/mol. The van der Waals surface area contributed by atoms with E-state index < -0.39 is 5.60 Å². The molecule has 1 fully saturated rings. The van der Waals surface area contributed by atoms with Crippen molar-refractivity contribution in [1.29, 1.82) is 0 Å². The van der Waals surface area contributed by atoms with Crippen LogP contribution in [0.1, 0.15) is 29.6 Å². The van der Waals surface area contributed by atoms with Gasteiger partial charge in [-0.25, -0.2) is 0 Å². The topological polar surface area (TPSA) is 65.1 Å². The number of ether oxygens (including phenoxy) is 3. The highest BCUT2D eigenvalue weighted by Gasteiger charge is 2.43. The summed E-state index contributed by atoms with van der Waals surface area (Å²) in [4.78, 5) is 26.2. The molecule has 2 aliphatic rings. The van der Waals surface area contributed by atoms with Crippen LogP contribution < -0.4 is 9.47 Å². The van der Waals surface area contributed by atoms with E-state index in [-0.39, 0.29) is 18.3 Å². The van der Waals surface area contributed by atoms with Crippen LogP contribution in [0, 0.1) is 0 Å². The number of hydrogen-bond acceptors (Lipinski definition) is 5. The molecule has 124 valence electrons. The lowest BCUT2D eigenvalue weighted by molar-refractivity contribution is -0.138. The Balaban J connectivity index is 1.73. The average Bonchev–Trinajstić information content (AvgIpc) is 2.55. The first-order chi connectivity index (χ1) is 11.1. The Morgan fingerprint density at radius 3 is 2.70 bits per heavy atom. The number of ketones is 1. The Hall–Kier alpha value is -2.08. The van der Waals surface area contributed by atoms with Gasteiger partial charge in [0.15, 0.2) is 5.78 Å². The summed E-state index contributed by atoms with van der Waals surface area (Å²) < 4.78 is 16.2. The third-order valence-corrected chi connectivity index (χ3v) is 4.59. The molecule has 0 saturated carbocycles. The molecule has 1 saturated heterocycles. The Bertz CT molecular complexity index is 619. The van der Waals surface area contributed by atoms with E-state index in [0.717, 1.165) is 0 Å². The maximum absolute atomic E-state index is 12.5. The Kier molecular flexibility index (Phi) is 4.26. The van der Waals surface area contributed by atoms with Gasteiger partial charge in [-0.2, -0.15) is 0 Å². The van der Waals surface area contributed by atoms with Crippen LogP contribution in [0.3, 0.4) is 0 Å². The van der Waals surface area contributed by atoms with E-state index in [1.165, 1.54) is 7.11 Å². The summed E-state index contributed by atoms with van der Waals surface area (Å²) >= 11 is 0. The molecule has 0 aromatic heterocycles. The van der Waals surface area contributed by atoms with Crippen molar-refractivity contribution in [3.63, 3.8) is 0 Å². The van der Waals surface area contributed by atoms with Gasteiger partial charge in [-0.1, -0.05) is 0 Å². The molecule has 0 radical (unpaired) electrons. The summed E-state index contributed by atoms with van der Waals surface area (Å²) in [7, 11) is 3.08. The number of piperidine rings is 1. The van der Waals surface area contributed by atoms with Gasteiger partial charge in [-0.15, -0.1) is 0 Å². The molecular weight excluding hydrogens is 298 g/mol. The normalized spacial score (nSPS) is 19.2. The molecule has 0 aliphatic carbocycles. The van der Waals surface area contributed by atoms with Gasteiger partial charge in [0.25, 0.3) is 0 Å². The number of Topliss-reactive ketones (excluding diaryl/α,β-unsaturated/α-hetero) is 1. The number of methoxy groups -OCH3 is 2. The minimum atomic E-state index is -0.497. The number of likely N-dealkylation sites (tertiary alicyclic amines) is 1. The number of rotatable bonds is 3. The molecule has 6 nitrogen and oxygen atoms in total. The third kappa shape index (κ3) is 3.03. The monoisotopic (exact) mass is 319 g/mol. The standard InChI is InChI=1S/C17H21NO5/c1-21-11-16(20)18-7-5-17(6-8-18)10-14(19)13-9-12(22-2)3-4-15(13)23-17/h3-4,9H,5-8,10-11H2,1-2H3. The Morgan fingerprint density at radius 1 is 1.30 bits per heavy atom. The molecule has 0 unspecified atom stereocenters. The first-order valence-corrected chi connectivity index (χ1v) is 7.74. The fraction of sp³-hybridized carbons (Fsp3) is 0.529. The molecule has 0 atom stereocenters. The number of nitrogens with zero attached hydrogens (tertiary/aromatic N) is 1. The second kappa shape index (κ2) is 6.20. The number of carbonyl (C=O) groups excluding carboxylic acids is 2. The fourth-order valence-corrected chi connectivity index (χ4v) is 3.26. The molecule has 1 amide bonds. The van der Waals surface area contributed by atoms with Crippen LogP contribution in [0.5, 0.6) is 11.5 Å². The third-order valence-electron chi connectivity index (χ3n) is 4.59. The van der Waals surface area contributed by atoms with Crippen LogP contribution in [0.15, 0.2) is 18.2 Å². The van der Waals surface area contributed by atoms with Crippen molar-refractivity contribution in [2.45, 2.75) is 24.9 Å². The SMILES string of the molecule is COCC(=O)N1CCC2(CC1)CC(=O)c1cc(OC)ccc1O2. The highest BCUT2D eigenvalue weighted by Crippen LogP contribution is 2.40. The number of amides is 1. The molecule has 0 bridgehead atoms. The van der Waals surface area contributed by atoms with Crippen molar-refractivity contribution in [3.05, 3.63) is 23.8 Å². The smallest absolute Gasteiger partial charge is 0.248 e. The van der Waals surface area contributed by atoms with Gasteiger partial charge in [0.1, 0.15) is 23.7 Å². The van der Waals surface area contributed by atoms with Crippen LogP contribution in [0.4, 0.5) is 0 Å². The quantitative estimate of drug-likeness (QED) is 0.848. The lowest BCUT2D eigenvalue weighted by atomic mass is 9.82. The molecule has 3 rings (SSSR count). The zero-order chi connectivity index (χ0) is 16.4. The van der Waals surface area contributed by atoms with E-state index in [9.17, 15) is 9.59 Å². The second-order valence-electron chi connectivity index (χ2n) is 6.06. The van der Waals surface area contributed by atoms with Crippen LogP contribution in [0.2, 0.25) is 0 Å². The van der Waals surface area contributed by atoms with E-state index in [4.69, 9.17) is 14.2 Å². The van der Waals surface area contributed by atoms with Crippen LogP contribution in [0.25, 0.3) is 0 Å². The highest BCUT2D eigenvalue weighted by molar-refractivity contribution is 6.00. The van der Waals surface area contributed by atoms with Gasteiger partial charge in [-0.3, -0.25) is 9.59 Å². The first-order valence-electron chi connectivity index (χ1n) is 7.74. The van der Waals surface area contributed by atoms with Crippen molar-refractivity contribution in [1.82, 2.24) is 4.90 Å². The van der Waals surface area contributed by atoms with E-state index in [1.54, 1.807) is 30.2 Å². The Labute approximate surface area is 135 Å². The van der Waals surface area contributed by atoms with Crippen molar-refractivity contribution in [2.75, 3.05) is 33.9 Å². The maximum atomic E-state index is 12.5. The summed E-state index contributed by atoms with van der Waals surface area (Å²) in [6.07, 6.45) is 1.65. The molecule has 0 N–H and O–H groups in total. The molecule has 1 aromatic carbocycles. The van der Waals surface area contributed by atoms with Crippen molar-refractivity contribution in [3.8, 4) is 11.5 Å². The molecule has 23 heavy (non-hydrogen) atoms. The van der Waals surface area contributed by atoms with Gasteiger partial charge in [0.2, 0.25) is 5.91 Å². The highest BCUT2D eigenvalue weighted by atomic mass is 16.5. The van der Waals surface area contributed by atoms with Gasteiger partial charge in [-0.05, 0) is 18.2 Å². The lowest BCUT2D eigenvalue weighted by Crippen LogP contribution is -2.52. The maximum Gasteiger partial charge on any atom is 0.248 e. The zero-order valence-electron chi connectivity index (χ0n) is 13.5. The van der Waals surface area contributed by atoms with E-state index in [0.29, 0.717) is 49.4 Å². The van der Waals surface area contributed by atoms with Crippen molar-refractivity contribution >= 4 is 11.7 Å². The summed E-state index contributed by atoms with van der Waals surface area (Å²) in [6, 6.07) is 5.31. The van der Waals surface area contributed by atoms with Gasteiger partial charge >= 0.3 is 0 Å². The fourth-order valence-electron chi connectivity index (χ4n) is 3.26. The van der Waals surface area contributed by atoms with Gasteiger partial charge < -0.3 is 19.1 Å². The van der Waals surface area contributed by atoms with Crippen molar-refractivity contribution < 1.29 is 23.8 Å². The molecule has 1 aromatic rings. The summed E-state index contributed by atoms with van der Waals surface area (Å²) in [5.74, 6) is 1.31. The molecule has 6 heteroatoms.